The first-order chi connectivity index (χ1) is 8.79. The SMILES string of the molecule is Cc1nc(NC(=O)CC(C)C)sc1C(=O)OC(C)C. The molecule has 1 heterocycles. The van der Waals surface area contributed by atoms with E-state index in [4.69, 9.17) is 4.74 Å². The Balaban J connectivity index is 2.73. The number of hydrogen-bond acceptors (Lipinski definition) is 5. The largest absolute Gasteiger partial charge is 0.459 e. The molecule has 0 atom stereocenters. The van der Waals surface area contributed by atoms with Crippen molar-refractivity contribution in [1.82, 2.24) is 4.98 Å². The highest BCUT2D eigenvalue weighted by Crippen LogP contribution is 2.24. The van der Waals surface area contributed by atoms with Crippen LogP contribution in [0.1, 0.15) is 49.5 Å². The van der Waals surface area contributed by atoms with Crippen LogP contribution < -0.4 is 5.32 Å². The first-order valence-electron chi connectivity index (χ1n) is 6.27. The number of thiazole rings is 1. The fraction of sp³-hybridized carbons (Fsp3) is 0.615. The van der Waals surface area contributed by atoms with E-state index in [2.05, 4.69) is 10.3 Å². The van der Waals surface area contributed by atoms with Crippen molar-refractivity contribution in [3.8, 4) is 0 Å². The summed E-state index contributed by atoms with van der Waals surface area (Å²) in [6, 6.07) is 0. The number of rotatable bonds is 5. The molecule has 0 aliphatic carbocycles. The van der Waals surface area contributed by atoms with Crippen LogP contribution in [0.3, 0.4) is 0 Å². The van der Waals surface area contributed by atoms with Crippen molar-refractivity contribution in [3.05, 3.63) is 10.6 Å². The van der Waals surface area contributed by atoms with Crippen molar-refractivity contribution < 1.29 is 14.3 Å². The fourth-order valence-corrected chi connectivity index (χ4v) is 2.31. The number of carbonyl (C=O) groups excluding carboxylic acids is 2. The number of aromatic nitrogens is 1. The summed E-state index contributed by atoms with van der Waals surface area (Å²) in [5.41, 5.74) is 0.579. The molecule has 0 aliphatic heterocycles. The Hall–Kier alpha value is -1.43. The highest BCUT2D eigenvalue weighted by molar-refractivity contribution is 7.17. The van der Waals surface area contributed by atoms with Crippen molar-refractivity contribution in [2.24, 2.45) is 5.92 Å². The van der Waals surface area contributed by atoms with Crippen LogP contribution in [0.15, 0.2) is 0 Å². The molecular formula is C13H20N2O3S. The lowest BCUT2D eigenvalue weighted by Gasteiger charge is -2.05. The average Bonchev–Trinajstić information content (AvgIpc) is 2.56. The molecule has 0 saturated carbocycles. The topological polar surface area (TPSA) is 68.3 Å². The van der Waals surface area contributed by atoms with E-state index >= 15 is 0 Å². The van der Waals surface area contributed by atoms with E-state index in [9.17, 15) is 9.59 Å². The van der Waals surface area contributed by atoms with Crippen molar-refractivity contribution in [2.75, 3.05) is 5.32 Å². The van der Waals surface area contributed by atoms with Gasteiger partial charge in [0.25, 0.3) is 0 Å². The molecule has 0 unspecified atom stereocenters. The lowest BCUT2D eigenvalue weighted by Crippen LogP contribution is -2.13. The van der Waals surface area contributed by atoms with Crippen LogP contribution in [-0.2, 0) is 9.53 Å². The Bertz CT molecular complexity index is 466. The van der Waals surface area contributed by atoms with Gasteiger partial charge in [0.05, 0.1) is 11.8 Å². The van der Waals surface area contributed by atoms with Gasteiger partial charge in [0.15, 0.2) is 5.13 Å². The molecule has 6 heteroatoms. The van der Waals surface area contributed by atoms with Crippen LogP contribution in [0.2, 0.25) is 0 Å². The summed E-state index contributed by atoms with van der Waals surface area (Å²) in [6.07, 6.45) is 0.262. The van der Waals surface area contributed by atoms with Crippen molar-refractivity contribution in [3.63, 3.8) is 0 Å². The molecule has 1 N–H and O–H groups in total. The van der Waals surface area contributed by atoms with Crippen LogP contribution in [0, 0.1) is 12.8 Å². The molecule has 19 heavy (non-hydrogen) atoms. The summed E-state index contributed by atoms with van der Waals surface area (Å²) < 4.78 is 5.12. The Kier molecular flexibility index (Phi) is 5.47. The van der Waals surface area contributed by atoms with Gasteiger partial charge in [-0.2, -0.15) is 0 Å². The first kappa shape index (κ1) is 15.6. The van der Waals surface area contributed by atoms with Gasteiger partial charge in [-0.05, 0) is 26.7 Å². The molecule has 1 amide bonds. The number of amides is 1. The molecule has 1 rings (SSSR count). The quantitative estimate of drug-likeness (QED) is 0.844. The molecule has 0 saturated heterocycles. The Morgan fingerprint density at radius 3 is 2.47 bits per heavy atom. The zero-order chi connectivity index (χ0) is 14.6. The Morgan fingerprint density at radius 1 is 1.32 bits per heavy atom. The van der Waals surface area contributed by atoms with E-state index < -0.39 is 5.97 Å². The smallest absolute Gasteiger partial charge is 0.350 e. The van der Waals surface area contributed by atoms with Crippen LogP contribution in [0.5, 0.6) is 0 Å². The van der Waals surface area contributed by atoms with E-state index in [1.807, 2.05) is 13.8 Å². The molecule has 0 aliphatic rings. The van der Waals surface area contributed by atoms with Gasteiger partial charge in [-0.15, -0.1) is 0 Å². The van der Waals surface area contributed by atoms with E-state index in [0.717, 1.165) is 11.3 Å². The molecule has 106 valence electrons. The fourth-order valence-electron chi connectivity index (χ4n) is 1.45. The minimum atomic E-state index is -0.394. The minimum Gasteiger partial charge on any atom is -0.459 e. The second-order valence-electron chi connectivity index (χ2n) is 5.03. The van der Waals surface area contributed by atoms with E-state index in [1.165, 1.54) is 0 Å². The highest BCUT2D eigenvalue weighted by atomic mass is 32.1. The lowest BCUT2D eigenvalue weighted by atomic mass is 10.1. The third-order valence-corrected chi connectivity index (χ3v) is 3.22. The molecular weight excluding hydrogens is 264 g/mol. The minimum absolute atomic E-state index is 0.0903. The predicted octanol–water partition coefficient (Wildman–Crippen LogP) is 3.00. The summed E-state index contributed by atoms with van der Waals surface area (Å²) >= 11 is 1.15. The standard InChI is InChI=1S/C13H20N2O3S/c1-7(2)6-10(16)15-13-14-9(5)11(19-13)12(17)18-8(3)4/h7-8H,6H2,1-5H3,(H,14,15,16). The Labute approximate surface area is 117 Å². The second kappa shape index (κ2) is 6.65. The molecule has 0 aromatic carbocycles. The number of ether oxygens (including phenoxy) is 1. The van der Waals surface area contributed by atoms with Crippen LogP contribution >= 0.6 is 11.3 Å². The van der Waals surface area contributed by atoms with Crippen molar-refractivity contribution in [2.45, 2.75) is 47.1 Å². The monoisotopic (exact) mass is 284 g/mol. The zero-order valence-corrected chi connectivity index (χ0v) is 12.8. The number of anilines is 1. The van der Waals surface area contributed by atoms with E-state index in [1.54, 1.807) is 20.8 Å². The molecule has 0 spiro atoms. The maximum atomic E-state index is 11.8. The average molecular weight is 284 g/mol. The van der Waals surface area contributed by atoms with Crippen LogP contribution in [0.4, 0.5) is 5.13 Å². The van der Waals surface area contributed by atoms with Gasteiger partial charge >= 0.3 is 5.97 Å². The molecule has 0 bridgehead atoms. The van der Waals surface area contributed by atoms with Gasteiger partial charge in [0, 0.05) is 6.42 Å². The number of aryl methyl sites for hydroxylation is 1. The second-order valence-corrected chi connectivity index (χ2v) is 6.03. The van der Waals surface area contributed by atoms with Gasteiger partial charge in [-0.25, -0.2) is 9.78 Å². The normalized spacial score (nSPS) is 10.9. The highest BCUT2D eigenvalue weighted by Gasteiger charge is 2.18. The summed E-state index contributed by atoms with van der Waals surface area (Å²) in [7, 11) is 0. The lowest BCUT2D eigenvalue weighted by molar-refractivity contribution is -0.116. The third kappa shape index (κ3) is 4.98. The van der Waals surface area contributed by atoms with Gasteiger partial charge in [0.1, 0.15) is 4.88 Å². The summed E-state index contributed by atoms with van der Waals surface area (Å²) in [5.74, 6) is -0.201. The predicted molar refractivity (Wildman–Crippen MR) is 75.5 cm³/mol. The maximum absolute atomic E-state index is 11.8. The van der Waals surface area contributed by atoms with E-state index in [-0.39, 0.29) is 17.9 Å². The number of carbonyl (C=O) groups is 2. The first-order valence-corrected chi connectivity index (χ1v) is 7.09. The van der Waals surface area contributed by atoms with Gasteiger partial charge < -0.3 is 10.1 Å². The number of esters is 1. The number of nitrogens with one attached hydrogen (secondary N) is 1. The number of hydrogen-bond donors (Lipinski definition) is 1. The molecule has 1 aromatic rings. The van der Waals surface area contributed by atoms with Crippen molar-refractivity contribution in [1.29, 1.82) is 0 Å². The van der Waals surface area contributed by atoms with Gasteiger partial charge in [-0.1, -0.05) is 25.2 Å². The van der Waals surface area contributed by atoms with Gasteiger partial charge in [-0.3, -0.25) is 4.79 Å². The molecule has 0 radical (unpaired) electrons. The summed E-state index contributed by atoms with van der Waals surface area (Å²) in [5, 5.41) is 3.15. The van der Waals surface area contributed by atoms with Crippen LogP contribution in [-0.4, -0.2) is 23.0 Å². The van der Waals surface area contributed by atoms with Crippen molar-refractivity contribution >= 4 is 28.3 Å². The molecule has 5 nitrogen and oxygen atoms in total. The van der Waals surface area contributed by atoms with Crippen LogP contribution in [0.25, 0.3) is 0 Å². The third-order valence-electron chi connectivity index (χ3n) is 2.16. The Morgan fingerprint density at radius 2 is 1.95 bits per heavy atom. The summed E-state index contributed by atoms with van der Waals surface area (Å²) in [4.78, 5) is 28.0. The maximum Gasteiger partial charge on any atom is 0.350 e. The molecule has 0 fully saturated rings. The zero-order valence-electron chi connectivity index (χ0n) is 11.9. The van der Waals surface area contributed by atoms with Gasteiger partial charge in [0.2, 0.25) is 5.91 Å². The summed E-state index contributed by atoms with van der Waals surface area (Å²) in [6.45, 7) is 9.25. The van der Waals surface area contributed by atoms with E-state index in [0.29, 0.717) is 22.1 Å². The number of nitrogens with zero attached hydrogens (tertiary/aromatic N) is 1. The molecule has 1 aromatic heterocycles.